The molecule has 4 nitrogen and oxygen atoms in total. The highest BCUT2D eigenvalue weighted by Gasteiger charge is 2.47. The molecule has 0 N–H and O–H groups in total. The average molecular weight is 778 g/mol. The molecule has 0 saturated heterocycles. The number of carbonyl (C=O) groups is 2. The Morgan fingerprint density at radius 1 is 0.615 bits per heavy atom. The average Bonchev–Trinajstić information content (AvgIpc) is 3.23. The molecule has 1 aliphatic rings. The van der Waals surface area contributed by atoms with Gasteiger partial charge in [0.25, 0.3) is 0 Å². The molecule has 1 aliphatic carbocycles. The van der Waals surface area contributed by atoms with Gasteiger partial charge >= 0.3 is 11.9 Å². The zero-order valence-corrected chi connectivity index (χ0v) is 27.3. The zero-order valence-electron chi connectivity index (χ0n) is 21.0. The lowest BCUT2D eigenvalue weighted by molar-refractivity contribution is -0.135. The first-order valence-electron chi connectivity index (χ1n) is 12.3. The van der Waals surface area contributed by atoms with E-state index in [1.807, 2.05) is 48.5 Å². The lowest BCUT2D eigenvalue weighted by Crippen LogP contribution is -2.29. The normalized spacial score (nSPS) is 13.0. The molecule has 0 radical (unpaired) electrons. The Hall–Kier alpha value is -2.26. The molecule has 0 bridgehead atoms. The summed E-state index contributed by atoms with van der Waals surface area (Å²) in [5.41, 5.74) is 5.69. The zero-order chi connectivity index (χ0) is 27.9. The van der Waals surface area contributed by atoms with Gasteiger partial charge in [-0.15, -0.1) is 0 Å². The number of esters is 2. The summed E-state index contributed by atoms with van der Waals surface area (Å²) in [5.74, 6) is 0.231. The number of hydrogen-bond acceptors (Lipinski definition) is 4. The molecule has 4 aromatic carbocycles. The smallest absolute Gasteiger partial charge is 0.310 e. The van der Waals surface area contributed by atoms with Crippen molar-refractivity contribution in [3.63, 3.8) is 0 Å². The van der Waals surface area contributed by atoms with Crippen molar-refractivity contribution in [3.05, 3.63) is 113 Å². The largest absolute Gasteiger partial charge is 0.424 e. The maximum Gasteiger partial charge on any atom is 0.310 e. The molecular formula is C31H22Br4O4. The standard InChI is InChI=1S/C31H22Br4O4/c1-3-27(36)38-29-23(32)13-17(14-24(29)33)31(18-15-25(34)30(26(35)16-18)39-28(37)4-2)21-11-7-5-9-19(21)20-10-6-8-12-22(20)31/h5-16H,3-4H2,1-2H3. The number of benzene rings is 4. The van der Waals surface area contributed by atoms with Gasteiger partial charge in [0, 0.05) is 12.8 Å². The van der Waals surface area contributed by atoms with Gasteiger partial charge in [0.05, 0.1) is 23.3 Å². The number of rotatable bonds is 6. The Labute approximate surface area is 260 Å². The van der Waals surface area contributed by atoms with Crippen LogP contribution in [0.3, 0.4) is 0 Å². The molecule has 0 aromatic heterocycles. The highest BCUT2D eigenvalue weighted by atomic mass is 79.9. The van der Waals surface area contributed by atoms with Crippen LogP contribution in [0.25, 0.3) is 11.1 Å². The Bertz CT molecular complexity index is 1460. The van der Waals surface area contributed by atoms with Crippen molar-refractivity contribution >= 4 is 75.7 Å². The van der Waals surface area contributed by atoms with Gasteiger partial charge in [0.2, 0.25) is 0 Å². The molecule has 0 unspecified atom stereocenters. The van der Waals surface area contributed by atoms with Crippen LogP contribution in [0.5, 0.6) is 11.5 Å². The highest BCUT2D eigenvalue weighted by molar-refractivity contribution is 9.11. The molecule has 0 fully saturated rings. The van der Waals surface area contributed by atoms with Crippen molar-refractivity contribution in [2.75, 3.05) is 0 Å². The maximum absolute atomic E-state index is 12.1. The van der Waals surface area contributed by atoms with Gasteiger partial charge in [-0.05, 0) is 121 Å². The predicted molar refractivity (Wildman–Crippen MR) is 166 cm³/mol. The first kappa shape index (κ1) is 28.3. The van der Waals surface area contributed by atoms with Crippen LogP contribution in [0.15, 0.2) is 90.7 Å². The Balaban J connectivity index is 1.84. The third-order valence-corrected chi connectivity index (χ3v) is 9.18. The molecule has 0 amide bonds. The number of carbonyl (C=O) groups excluding carboxylic acids is 2. The summed E-state index contributed by atoms with van der Waals surface area (Å²) in [4.78, 5) is 24.3. The van der Waals surface area contributed by atoms with Crippen LogP contribution in [0, 0.1) is 0 Å². The molecule has 0 spiro atoms. The van der Waals surface area contributed by atoms with E-state index in [2.05, 4.69) is 88.0 Å². The maximum atomic E-state index is 12.1. The number of ether oxygens (including phenoxy) is 2. The van der Waals surface area contributed by atoms with E-state index in [1.165, 1.54) is 0 Å². The van der Waals surface area contributed by atoms with Gasteiger partial charge in [-0.25, -0.2) is 0 Å². The fourth-order valence-corrected chi connectivity index (χ4v) is 7.84. The van der Waals surface area contributed by atoms with E-state index in [4.69, 9.17) is 9.47 Å². The first-order chi connectivity index (χ1) is 18.7. The molecular weight excluding hydrogens is 756 g/mol. The van der Waals surface area contributed by atoms with Crippen LogP contribution in [0.1, 0.15) is 48.9 Å². The second kappa shape index (κ2) is 11.3. The minimum Gasteiger partial charge on any atom is -0.424 e. The highest BCUT2D eigenvalue weighted by Crippen LogP contribution is 2.58. The summed E-state index contributed by atoms with van der Waals surface area (Å²) in [7, 11) is 0. The Morgan fingerprint density at radius 2 is 0.949 bits per heavy atom. The summed E-state index contributed by atoms with van der Waals surface area (Å²) >= 11 is 14.7. The van der Waals surface area contributed by atoms with Crippen molar-refractivity contribution in [1.82, 2.24) is 0 Å². The van der Waals surface area contributed by atoms with E-state index < -0.39 is 5.41 Å². The topological polar surface area (TPSA) is 52.6 Å². The SMILES string of the molecule is CCC(=O)Oc1c(Br)cc(C2(c3cc(Br)c(OC(=O)CC)c(Br)c3)c3ccccc3-c3ccccc32)cc1Br. The van der Waals surface area contributed by atoms with Gasteiger partial charge in [-0.1, -0.05) is 62.4 Å². The third-order valence-electron chi connectivity index (χ3n) is 6.82. The van der Waals surface area contributed by atoms with E-state index in [1.54, 1.807) is 13.8 Å². The summed E-state index contributed by atoms with van der Waals surface area (Å²) in [6.07, 6.45) is 0.532. The Morgan fingerprint density at radius 3 is 1.28 bits per heavy atom. The molecule has 4 aromatic rings. The second-order valence-electron chi connectivity index (χ2n) is 9.03. The van der Waals surface area contributed by atoms with Crippen molar-refractivity contribution in [3.8, 4) is 22.6 Å². The molecule has 5 rings (SSSR count). The van der Waals surface area contributed by atoms with Crippen LogP contribution in [-0.2, 0) is 15.0 Å². The molecule has 0 heterocycles. The van der Waals surface area contributed by atoms with E-state index in [0.29, 0.717) is 29.4 Å². The fraction of sp³-hybridized carbons (Fsp3) is 0.161. The van der Waals surface area contributed by atoms with Crippen molar-refractivity contribution in [1.29, 1.82) is 0 Å². The van der Waals surface area contributed by atoms with Crippen LogP contribution >= 0.6 is 63.7 Å². The molecule has 39 heavy (non-hydrogen) atoms. The van der Waals surface area contributed by atoms with E-state index >= 15 is 0 Å². The number of fused-ring (bicyclic) bond motifs is 3. The summed E-state index contributed by atoms with van der Waals surface area (Å²) in [6, 6.07) is 24.8. The minimum atomic E-state index is -0.732. The molecule has 8 heteroatoms. The predicted octanol–water partition coefficient (Wildman–Crippen LogP) is 9.73. The van der Waals surface area contributed by atoms with Gasteiger partial charge in [-0.2, -0.15) is 0 Å². The lowest BCUT2D eigenvalue weighted by atomic mass is 9.67. The molecule has 0 aliphatic heterocycles. The monoisotopic (exact) mass is 774 g/mol. The van der Waals surface area contributed by atoms with Crippen molar-refractivity contribution in [2.45, 2.75) is 32.1 Å². The van der Waals surface area contributed by atoms with Gasteiger partial charge in [0.15, 0.2) is 11.5 Å². The van der Waals surface area contributed by atoms with Crippen molar-refractivity contribution in [2.24, 2.45) is 0 Å². The summed E-state index contributed by atoms with van der Waals surface area (Å²) in [5, 5.41) is 0. The first-order valence-corrected chi connectivity index (χ1v) is 15.5. The number of halogens is 4. The van der Waals surface area contributed by atoms with Crippen molar-refractivity contribution < 1.29 is 19.1 Å². The van der Waals surface area contributed by atoms with Gasteiger partial charge in [0.1, 0.15) is 0 Å². The van der Waals surface area contributed by atoms with Gasteiger partial charge < -0.3 is 9.47 Å². The van der Waals surface area contributed by atoms with E-state index in [0.717, 1.165) is 33.4 Å². The number of hydrogen-bond donors (Lipinski definition) is 0. The third kappa shape index (κ3) is 4.83. The summed E-state index contributed by atoms with van der Waals surface area (Å²) < 4.78 is 13.9. The lowest BCUT2D eigenvalue weighted by Gasteiger charge is -2.35. The Kier molecular flexibility index (Phi) is 8.20. The summed E-state index contributed by atoms with van der Waals surface area (Å²) in [6.45, 7) is 3.52. The van der Waals surface area contributed by atoms with E-state index in [-0.39, 0.29) is 24.8 Å². The quantitative estimate of drug-likeness (QED) is 0.127. The van der Waals surface area contributed by atoms with Crippen LogP contribution in [-0.4, -0.2) is 11.9 Å². The molecule has 0 atom stereocenters. The van der Waals surface area contributed by atoms with Crippen LogP contribution in [0.2, 0.25) is 0 Å². The molecule has 0 saturated carbocycles. The molecule has 198 valence electrons. The van der Waals surface area contributed by atoms with E-state index in [9.17, 15) is 9.59 Å². The second-order valence-corrected chi connectivity index (χ2v) is 12.5. The van der Waals surface area contributed by atoms with Crippen LogP contribution < -0.4 is 9.47 Å². The van der Waals surface area contributed by atoms with Crippen LogP contribution in [0.4, 0.5) is 0 Å². The minimum absolute atomic E-state index is 0.266. The fourth-order valence-electron chi connectivity index (χ4n) is 5.14. The van der Waals surface area contributed by atoms with Gasteiger partial charge in [-0.3, -0.25) is 9.59 Å².